The van der Waals surface area contributed by atoms with Gasteiger partial charge in [0.15, 0.2) is 0 Å². The maximum absolute atomic E-state index is 12.2. The lowest BCUT2D eigenvalue weighted by Gasteiger charge is -2.16. The number of aliphatic carboxylic acids is 1. The molecule has 6 nitrogen and oxygen atoms in total. The zero-order valence-corrected chi connectivity index (χ0v) is 14.1. The van der Waals surface area contributed by atoms with Crippen LogP contribution in [-0.4, -0.2) is 32.8 Å². The van der Waals surface area contributed by atoms with Gasteiger partial charge in [0, 0.05) is 18.3 Å². The van der Waals surface area contributed by atoms with Crippen LogP contribution >= 0.6 is 0 Å². The number of aryl methyl sites for hydroxylation is 2. The van der Waals surface area contributed by atoms with Crippen LogP contribution in [0.1, 0.15) is 51.1 Å². The van der Waals surface area contributed by atoms with Gasteiger partial charge in [0.1, 0.15) is 6.04 Å². The van der Waals surface area contributed by atoms with Crippen molar-refractivity contribution in [1.29, 1.82) is 0 Å². The summed E-state index contributed by atoms with van der Waals surface area (Å²) in [6.07, 6.45) is 2.16. The van der Waals surface area contributed by atoms with Crippen molar-refractivity contribution < 1.29 is 14.7 Å². The maximum Gasteiger partial charge on any atom is 0.326 e. The van der Waals surface area contributed by atoms with Gasteiger partial charge in [-0.15, -0.1) is 0 Å². The molecule has 1 rings (SSSR count). The summed E-state index contributed by atoms with van der Waals surface area (Å²) in [4.78, 5) is 23.5. The van der Waals surface area contributed by atoms with E-state index in [2.05, 4.69) is 10.4 Å². The van der Waals surface area contributed by atoms with Gasteiger partial charge in [-0.2, -0.15) is 5.10 Å². The number of carbonyl (C=O) groups excluding carboxylic acids is 1. The second kappa shape index (κ2) is 7.96. The Hall–Kier alpha value is -1.85. The molecule has 0 fully saturated rings. The SMILES string of the molecule is CCc1nn(C)c(CC)c1CC(=O)NC(CC(C)C)C(=O)O. The van der Waals surface area contributed by atoms with E-state index < -0.39 is 12.0 Å². The smallest absolute Gasteiger partial charge is 0.326 e. The Morgan fingerprint density at radius 3 is 2.36 bits per heavy atom. The fourth-order valence-electron chi connectivity index (χ4n) is 2.69. The van der Waals surface area contributed by atoms with Crippen LogP contribution in [0.5, 0.6) is 0 Å². The first-order valence-electron chi connectivity index (χ1n) is 7.85. The van der Waals surface area contributed by atoms with Crippen LogP contribution in [0.15, 0.2) is 0 Å². The first-order valence-corrected chi connectivity index (χ1v) is 7.85. The molecule has 22 heavy (non-hydrogen) atoms. The molecule has 124 valence electrons. The number of carboxylic acids is 1. The predicted molar refractivity (Wildman–Crippen MR) is 84.7 cm³/mol. The average Bonchev–Trinajstić information content (AvgIpc) is 2.72. The second-order valence-corrected chi connectivity index (χ2v) is 5.97. The third-order valence-corrected chi connectivity index (χ3v) is 3.71. The number of nitrogens with one attached hydrogen (secondary N) is 1. The molecule has 0 saturated heterocycles. The largest absolute Gasteiger partial charge is 0.480 e. The topological polar surface area (TPSA) is 84.2 Å². The molecule has 1 aromatic rings. The quantitative estimate of drug-likeness (QED) is 0.765. The van der Waals surface area contributed by atoms with Crippen LogP contribution in [0.4, 0.5) is 0 Å². The standard InChI is InChI=1S/C16H27N3O3/c1-6-12-11(14(7-2)19(5)18-12)9-15(20)17-13(16(21)22)8-10(3)4/h10,13H,6-9H2,1-5H3,(H,17,20)(H,21,22). The Kier molecular flexibility index (Phi) is 6.59. The number of aromatic nitrogens is 2. The number of nitrogens with zero attached hydrogens (tertiary/aromatic N) is 2. The van der Waals surface area contributed by atoms with Crippen molar-refractivity contribution in [1.82, 2.24) is 15.1 Å². The molecule has 0 bridgehead atoms. The van der Waals surface area contributed by atoms with Gasteiger partial charge >= 0.3 is 5.97 Å². The molecular formula is C16H27N3O3. The zero-order chi connectivity index (χ0) is 16.9. The summed E-state index contributed by atoms with van der Waals surface area (Å²) in [5.74, 6) is -1.04. The van der Waals surface area contributed by atoms with Crippen LogP contribution in [0, 0.1) is 5.92 Å². The van der Waals surface area contributed by atoms with Crippen molar-refractivity contribution in [3.05, 3.63) is 17.0 Å². The van der Waals surface area contributed by atoms with Gasteiger partial charge in [-0.3, -0.25) is 9.48 Å². The van der Waals surface area contributed by atoms with E-state index in [4.69, 9.17) is 0 Å². The van der Waals surface area contributed by atoms with Crippen molar-refractivity contribution in [3.63, 3.8) is 0 Å². The number of amides is 1. The van der Waals surface area contributed by atoms with E-state index in [-0.39, 0.29) is 18.2 Å². The molecule has 1 atom stereocenters. The Morgan fingerprint density at radius 1 is 1.27 bits per heavy atom. The summed E-state index contributed by atoms with van der Waals surface area (Å²) in [7, 11) is 1.87. The number of hydrogen-bond acceptors (Lipinski definition) is 3. The van der Waals surface area contributed by atoms with Gasteiger partial charge in [0.2, 0.25) is 5.91 Å². The highest BCUT2D eigenvalue weighted by Gasteiger charge is 2.23. The highest BCUT2D eigenvalue weighted by atomic mass is 16.4. The van der Waals surface area contributed by atoms with E-state index >= 15 is 0 Å². The summed E-state index contributed by atoms with van der Waals surface area (Å²) in [6, 6.07) is -0.834. The molecule has 0 spiro atoms. The third-order valence-electron chi connectivity index (χ3n) is 3.71. The summed E-state index contributed by atoms with van der Waals surface area (Å²) in [5, 5.41) is 16.3. The summed E-state index contributed by atoms with van der Waals surface area (Å²) < 4.78 is 1.81. The van der Waals surface area contributed by atoms with Crippen LogP contribution < -0.4 is 5.32 Å². The lowest BCUT2D eigenvalue weighted by atomic mass is 10.0. The van der Waals surface area contributed by atoms with E-state index in [0.29, 0.717) is 6.42 Å². The highest BCUT2D eigenvalue weighted by molar-refractivity contribution is 5.85. The summed E-state index contributed by atoms with van der Waals surface area (Å²) in [6.45, 7) is 7.90. The molecule has 0 aliphatic heterocycles. The maximum atomic E-state index is 12.2. The molecule has 1 aromatic heterocycles. The van der Waals surface area contributed by atoms with E-state index in [9.17, 15) is 14.7 Å². The number of carbonyl (C=O) groups is 2. The summed E-state index contributed by atoms with van der Waals surface area (Å²) >= 11 is 0. The van der Waals surface area contributed by atoms with Gasteiger partial charge in [0.05, 0.1) is 12.1 Å². The number of hydrogen-bond donors (Lipinski definition) is 2. The van der Waals surface area contributed by atoms with Crippen LogP contribution in [0.25, 0.3) is 0 Å². The van der Waals surface area contributed by atoms with E-state index in [1.807, 2.05) is 39.4 Å². The lowest BCUT2D eigenvalue weighted by molar-refractivity contribution is -0.142. The van der Waals surface area contributed by atoms with Gasteiger partial charge < -0.3 is 10.4 Å². The summed E-state index contributed by atoms with van der Waals surface area (Å²) in [5.41, 5.74) is 2.87. The minimum Gasteiger partial charge on any atom is -0.480 e. The highest BCUT2D eigenvalue weighted by Crippen LogP contribution is 2.16. The van der Waals surface area contributed by atoms with Crippen molar-refractivity contribution in [2.45, 2.75) is 59.4 Å². The van der Waals surface area contributed by atoms with Gasteiger partial charge in [-0.1, -0.05) is 27.7 Å². The molecule has 0 radical (unpaired) electrons. The second-order valence-electron chi connectivity index (χ2n) is 5.97. The van der Waals surface area contributed by atoms with Crippen molar-refractivity contribution in [3.8, 4) is 0 Å². The lowest BCUT2D eigenvalue weighted by Crippen LogP contribution is -2.42. The van der Waals surface area contributed by atoms with Crippen LogP contribution in [0.2, 0.25) is 0 Å². The zero-order valence-electron chi connectivity index (χ0n) is 14.1. The van der Waals surface area contributed by atoms with Crippen molar-refractivity contribution >= 4 is 11.9 Å². The third kappa shape index (κ3) is 4.58. The minimum atomic E-state index is -0.986. The molecule has 1 heterocycles. The minimum absolute atomic E-state index is 0.183. The van der Waals surface area contributed by atoms with Crippen LogP contribution in [-0.2, 0) is 35.9 Å². The molecule has 0 aliphatic rings. The molecule has 6 heteroatoms. The predicted octanol–water partition coefficient (Wildman–Crippen LogP) is 1.70. The van der Waals surface area contributed by atoms with Gasteiger partial charge in [-0.25, -0.2) is 4.79 Å². The van der Waals surface area contributed by atoms with E-state index in [0.717, 1.165) is 29.8 Å². The normalized spacial score (nSPS) is 12.5. The number of carboxylic acid groups (broad SMARTS) is 1. The fourth-order valence-corrected chi connectivity index (χ4v) is 2.69. The Labute approximate surface area is 131 Å². The Morgan fingerprint density at radius 2 is 1.91 bits per heavy atom. The van der Waals surface area contributed by atoms with Crippen molar-refractivity contribution in [2.75, 3.05) is 0 Å². The Bertz CT molecular complexity index is 535. The van der Waals surface area contributed by atoms with Crippen molar-refractivity contribution in [2.24, 2.45) is 13.0 Å². The van der Waals surface area contributed by atoms with Crippen LogP contribution in [0.3, 0.4) is 0 Å². The molecule has 2 N–H and O–H groups in total. The van der Waals surface area contributed by atoms with E-state index in [1.165, 1.54) is 0 Å². The Balaban J connectivity index is 2.86. The van der Waals surface area contributed by atoms with E-state index in [1.54, 1.807) is 0 Å². The molecule has 0 aromatic carbocycles. The first kappa shape index (κ1) is 18.2. The average molecular weight is 309 g/mol. The van der Waals surface area contributed by atoms with Gasteiger partial charge in [-0.05, 0) is 25.2 Å². The monoisotopic (exact) mass is 309 g/mol. The number of rotatable bonds is 8. The molecular weight excluding hydrogens is 282 g/mol. The fraction of sp³-hybridized carbons (Fsp3) is 0.688. The molecule has 1 amide bonds. The molecule has 0 saturated carbocycles. The molecule has 1 unspecified atom stereocenters. The molecule has 0 aliphatic carbocycles. The first-order chi connectivity index (χ1) is 10.3. The van der Waals surface area contributed by atoms with Gasteiger partial charge in [0.25, 0.3) is 0 Å².